The molecular formula is C14H19NO4. The Balaban J connectivity index is 2.06. The van der Waals surface area contributed by atoms with E-state index in [9.17, 15) is 20.1 Å². The Morgan fingerprint density at radius 3 is 2.74 bits per heavy atom. The number of aliphatic hydroxyl groups excluding tert-OH is 1. The number of hydrogen-bond donors (Lipinski definition) is 3. The molecule has 5 nitrogen and oxygen atoms in total. The molecule has 0 saturated carbocycles. The third-order valence-electron chi connectivity index (χ3n) is 3.83. The van der Waals surface area contributed by atoms with Gasteiger partial charge in [-0.3, -0.25) is 9.69 Å². The van der Waals surface area contributed by atoms with Crippen LogP contribution in [0.4, 0.5) is 0 Å². The summed E-state index contributed by atoms with van der Waals surface area (Å²) < 4.78 is 0. The van der Waals surface area contributed by atoms with Gasteiger partial charge in [0, 0.05) is 11.6 Å². The standard InChI is InChI=1S/C14H19NO4/c1-9-4-5-15(11(9)8-16)7-14(19)10-2-3-12(17)13(18)6-10/h2-3,6,9,11,16-18H,4-5,7-8H2,1H3. The molecule has 0 bridgehead atoms. The third kappa shape index (κ3) is 2.88. The van der Waals surface area contributed by atoms with Gasteiger partial charge in [-0.25, -0.2) is 0 Å². The summed E-state index contributed by atoms with van der Waals surface area (Å²) in [7, 11) is 0. The van der Waals surface area contributed by atoms with Crippen LogP contribution in [0.5, 0.6) is 11.5 Å². The number of carbonyl (C=O) groups excluding carboxylic acids is 1. The predicted molar refractivity (Wildman–Crippen MR) is 70.3 cm³/mol. The van der Waals surface area contributed by atoms with Gasteiger partial charge in [0.25, 0.3) is 0 Å². The lowest BCUT2D eigenvalue weighted by molar-refractivity contribution is 0.0866. The van der Waals surface area contributed by atoms with Gasteiger partial charge in [0.2, 0.25) is 0 Å². The highest BCUT2D eigenvalue weighted by Gasteiger charge is 2.31. The van der Waals surface area contributed by atoms with Crippen LogP contribution >= 0.6 is 0 Å². The van der Waals surface area contributed by atoms with E-state index in [2.05, 4.69) is 6.92 Å². The van der Waals surface area contributed by atoms with E-state index in [1.807, 2.05) is 4.90 Å². The molecule has 1 aliphatic heterocycles. The van der Waals surface area contributed by atoms with E-state index < -0.39 is 0 Å². The van der Waals surface area contributed by atoms with Crippen LogP contribution < -0.4 is 0 Å². The van der Waals surface area contributed by atoms with Gasteiger partial charge in [0.15, 0.2) is 17.3 Å². The highest BCUT2D eigenvalue weighted by molar-refractivity contribution is 5.98. The largest absolute Gasteiger partial charge is 0.504 e. The maximum atomic E-state index is 12.1. The second kappa shape index (κ2) is 5.59. The molecule has 1 saturated heterocycles. The van der Waals surface area contributed by atoms with Crippen molar-refractivity contribution in [3.05, 3.63) is 23.8 Å². The van der Waals surface area contributed by atoms with Crippen LogP contribution in [0.3, 0.4) is 0 Å². The lowest BCUT2D eigenvalue weighted by atomic mass is 10.0. The smallest absolute Gasteiger partial charge is 0.176 e. The fourth-order valence-electron chi connectivity index (χ4n) is 2.55. The first-order valence-corrected chi connectivity index (χ1v) is 6.43. The van der Waals surface area contributed by atoms with Gasteiger partial charge in [-0.2, -0.15) is 0 Å². The second-order valence-electron chi connectivity index (χ2n) is 5.11. The zero-order valence-corrected chi connectivity index (χ0v) is 10.9. The number of aliphatic hydroxyl groups is 1. The van der Waals surface area contributed by atoms with Crippen molar-refractivity contribution in [3.63, 3.8) is 0 Å². The van der Waals surface area contributed by atoms with Crippen molar-refractivity contribution < 1.29 is 20.1 Å². The minimum absolute atomic E-state index is 0.0228. The van der Waals surface area contributed by atoms with E-state index in [-0.39, 0.29) is 36.5 Å². The van der Waals surface area contributed by atoms with Crippen molar-refractivity contribution >= 4 is 5.78 Å². The number of Topliss-reactive ketones (excluding diaryl/α,β-unsaturated/α-hetero) is 1. The molecule has 3 N–H and O–H groups in total. The number of nitrogens with zero attached hydrogens (tertiary/aromatic N) is 1. The molecule has 0 radical (unpaired) electrons. The summed E-state index contributed by atoms with van der Waals surface area (Å²) in [6, 6.07) is 4.09. The van der Waals surface area contributed by atoms with Crippen LogP contribution in [-0.4, -0.2) is 51.7 Å². The number of ketones is 1. The Labute approximate surface area is 112 Å². The Morgan fingerprint density at radius 1 is 1.37 bits per heavy atom. The summed E-state index contributed by atoms with van der Waals surface area (Å²) in [4.78, 5) is 14.1. The van der Waals surface area contributed by atoms with E-state index in [0.29, 0.717) is 11.5 Å². The number of hydrogen-bond acceptors (Lipinski definition) is 5. The van der Waals surface area contributed by atoms with Crippen molar-refractivity contribution in [2.45, 2.75) is 19.4 Å². The molecule has 104 valence electrons. The Kier molecular flexibility index (Phi) is 4.07. The highest BCUT2D eigenvalue weighted by atomic mass is 16.3. The van der Waals surface area contributed by atoms with Gasteiger partial charge in [0.05, 0.1) is 13.2 Å². The summed E-state index contributed by atoms with van der Waals surface area (Å²) in [6.45, 7) is 3.13. The number of rotatable bonds is 4. The van der Waals surface area contributed by atoms with Crippen LogP contribution in [0.15, 0.2) is 18.2 Å². The van der Waals surface area contributed by atoms with E-state index in [4.69, 9.17) is 0 Å². The molecule has 0 aromatic heterocycles. The minimum Gasteiger partial charge on any atom is -0.504 e. The number of likely N-dealkylation sites (tertiary alicyclic amines) is 1. The maximum Gasteiger partial charge on any atom is 0.176 e. The van der Waals surface area contributed by atoms with Crippen LogP contribution in [0.1, 0.15) is 23.7 Å². The van der Waals surface area contributed by atoms with Gasteiger partial charge in [-0.05, 0) is 37.1 Å². The van der Waals surface area contributed by atoms with E-state index >= 15 is 0 Å². The molecule has 0 aliphatic carbocycles. The molecule has 1 heterocycles. The summed E-state index contributed by atoms with van der Waals surface area (Å²) >= 11 is 0. The molecule has 5 heteroatoms. The average Bonchev–Trinajstić information content (AvgIpc) is 2.73. The fraction of sp³-hybridized carbons (Fsp3) is 0.500. The van der Waals surface area contributed by atoms with Gasteiger partial charge >= 0.3 is 0 Å². The van der Waals surface area contributed by atoms with Crippen LogP contribution in [0, 0.1) is 5.92 Å². The quantitative estimate of drug-likeness (QED) is 0.558. The van der Waals surface area contributed by atoms with Gasteiger partial charge in [0.1, 0.15) is 0 Å². The van der Waals surface area contributed by atoms with Crippen molar-refractivity contribution in [1.29, 1.82) is 0 Å². The number of carbonyl (C=O) groups is 1. The normalized spacial score (nSPS) is 23.7. The number of aromatic hydroxyl groups is 2. The molecule has 0 amide bonds. The first-order valence-electron chi connectivity index (χ1n) is 6.43. The summed E-state index contributed by atoms with van der Waals surface area (Å²) in [5.41, 5.74) is 0.367. The minimum atomic E-state index is -0.292. The molecule has 1 fully saturated rings. The molecule has 2 atom stereocenters. The topological polar surface area (TPSA) is 81.0 Å². The van der Waals surface area contributed by atoms with Gasteiger partial charge < -0.3 is 15.3 Å². The number of phenols is 2. The van der Waals surface area contributed by atoms with E-state index in [1.54, 1.807) is 0 Å². The van der Waals surface area contributed by atoms with Crippen LogP contribution in [-0.2, 0) is 0 Å². The predicted octanol–water partition coefficient (Wildman–Crippen LogP) is 0.983. The molecule has 2 unspecified atom stereocenters. The maximum absolute atomic E-state index is 12.1. The molecule has 1 aromatic carbocycles. The Bertz CT molecular complexity index is 475. The van der Waals surface area contributed by atoms with Crippen molar-refractivity contribution in [2.24, 2.45) is 5.92 Å². The summed E-state index contributed by atoms with van der Waals surface area (Å²) in [6.07, 6.45) is 0.972. The van der Waals surface area contributed by atoms with E-state index in [1.165, 1.54) is 18.2 Å². The molecule has 0 spiro atoms. The zero-order valence-electron chi connectivity index (χ0n) is 10.9. The summed E-state index contributed by atoms with van der Waals surface area (Å²) in [5.74, 6) is -0.271. The number of benzene rings is 1. The Morgan fingerprint density at radius 2 is 2.11 bits per heavy atom. The molecule has 1 aliphatic rings. The molecule has 19 heavy (non-hydrogen) atoms. The monoisotopic (exact) mass is 265 g/mol. The van der Waals surface area contributed by atoms with Crippen LogP contribution in [0.25, 0.3) is 0 Å². The van der Waals surface area contributed by atoms with E-state index in [0.717, 1.165) is 13.0 Å². The van der Waals surface area contributed by atoms with Crippen molar-refractivity contribution in [3.8, 4) is 11.5 Å². The second-order valence-corrected chi connectivity index (χ2v) is 5.11. The first kappa shape index (κ1) is 13.8. The average molecular weight is 265 g/mol. The third-order valence-corrected chi connectivity index (χ3v) is 3.83. The molecule has 2 rings (SSSR count). The molecular weight excluding hydrogens is 246 g/mol. The SMILES string of the molecule is CC1CCN(CC(=O)c2ccc(O)c(O)c2)C1CO. The van der Waals surface area contributed by atoms with Gasteiger partial charge in [-0.1, -0.05) is 6.92 Å². The van der Waals surface area contributed by atoms with Crippen molar-refractivity contribution in [1.82, 2.24) is 4.90 Å². The molecule has 1 aromatic rings. The van der Waals surface area contributed by atoms with Crippen LogP contribution in [0.2, 0.25) is 0 Å². The summed E-state index contributed by atoms with van der Waals surface area (Å²) in [5, 5.41) is 28.0. The Hall–Kier alpha value is -1.59. The van der Waals surface area contributed by atoms with Gasteiger partial charge in [-0.15, -0.1) is 0 Å². The fourth-order valence-corrected chi connectivity index (χ4v) is 2.55. The lowest BCUT2D eigenvalue weighted by Crippen LogP contribution is -2.38. The van der Waals surface area contributed by atoms with Crippen molar-refractivity contribution in [2.75, 3.05) is 19.7 Å². The first-order chi connectivity index (χ1) is 9.02. The zero-order chi connectivity index (χ0) is 14.0. The highest BCUT2D eigenvalue weighted by Crippen LogP contribution is 2.27. The lowest BCUT2D eigenvalue weighted by Gasteiger charge is -2.24. The number of phenolic OH excluding ortho intramolecular Hbond substituents is 2.